The number of nitrogens with one attached hydrogen (secondary N) is 3. The van der Waals surface area contributed by atoms with Crippen LogP contribution >= 0.6 is 0 Å². The van der Waals surface area contributed by atoms with E-state index in [1.165, 1.54) is 7.05 Å². The Hall–Kier alpha value is -1.39. The topological polar surface area (TPSA) is 145 Å². The number of carbonyl (C=O) groups excluding carboxylic acids is 1. The Balaban J connectivity index is 4.07. The number of amides is 2. The van der Waals surface area contributed by atoms with Crippen LogP contribution in [0.4, 0.5) is 4.79 Å². The lowest BCUT2D eigenvalue weighted by Crippen LogP contribution is -2.47. The van der Waals surface area contributed by atoms with Crippen molar-refractivity contribution in [1.29, 1.82) is 0 Å². The molecule has 0 rings (SSSR count). The smallest absolute Gasteiger partial charge is 0.326 e. The first-order chi connectivity index (χ1) is 8.32. The summed E-state index contributed by atoms with van der Waals surface area (Å²) < 4.78 is 24.1. The second-order valence-electron chi connectivity index (χ2n) is 3.33. The molecule has 0 saturated carbocycles. The van der Waals surface area contributed by atoms with Gasteiger partial charge in [0, 0.05) is 19.6 Å². The fraction of sp³-hybridized carbons (Fsp3) is 0.750. The molecule has 2 amide bonds. The molecule has 0 heterocycles. The largest absolute Gasteiger partial charge is 0.480 e. The van der Waals surface area contributed by atoms with Gasteiger partial charge >= 0.3 is 12.0 Å². The number of aliphatic carboxylic acids is 1. The molecule has 10 heteroatoms. The lowest BCUT2D eigenvalue weighted by molar-refractivity contribution is -0.139. The molecule has 0 aromatic heterocycles. The molecule has 0 spiro atoms. The number of aliphatic hydroxyl groups is 1. The van der Waals surface area contributed by atoms with E-state index in [1.54, 1.807) is 0 Å². The molecule has 0 bridgehead atoms. The van der Waals surface area contributed by atoms with Gasteiger partial charge in [-0.25, -0.2) is 22.7 Å². The third-order valence-electron chi connectivity index (χ3n) is 1.99. The maximum Gasteiger partial charge on any atom is 0.326 e. The molecule has 0 saturated heterocycles. The van der Waals surface area contributed by atoms with E-state index >= 15 is 0 Å². The number of carboxylic acid groups (broad SMARTS) is 1. The summed E-state index contributed by atoms with van der Waals surface area (Å²) in [5.41, 5.74) is 0. The van der Waals surface area contributed by atoms with Gasteiger partial charge in [-0.3, -0.25) is 0 Å². The standard InChI is InChI=1S/C8H17N3O6S/c1-9-18(16,17)5-3-10-8(15)11-6(2-4-12)7(13)14/h6,9,12H,2-5H2,1H3,(H,13,14)(H2,10,11,15). The van der Waals surface area contributed by atoms with E-state index in [0.29, 0.717) is 0 Å². The molecular weight excluding hydrogens is 266 g/mol. The average Bonchev–Trinajstić information content (AvgIpc) is 2.28. The zero-order valence-electron chi connectivity index (χ0n) is 9.84. The molecule has 106 valence electrons. The van der Waals surface area contributed by atoms with Crippen molar-refractivity contribution in [2.45, 2.75) is 12.5 Å². The fourth-order valence-electron chi connectivity index (χ4n) is 0.997. The highest BCUT2D eigenvalue weighted by molar-refractivity contribution is 7.89. The van der Waals surface area contributed by atoms with E-state index in [9.17, 15) is 18.0 Å². The summed E-state index contributed by atoms with van der Waals surface area (Å²) in [6, 6.07) is -2.02. The first-order valence-corrected chi connectivity index (χ1v) is 6.77. The van der Waals surface area contributed by atoms with E-state index in [1.807, 2.05) is 0 Å². The van der Waals surface area contributed by atoms with Crippen molar-refractivity contribution in [2.24, 2.45) is 0 Å². The Morgan fingerprint density at radius 2 is 1.94 bits per heavy atom. The molecular formula is C8H17N3O6S. The van der Waals surface area contributed by atoms with Gasteiger partial charge in [-0.15, -0.1) is 0 Å². The van der Waals surface area contributed by atoms with Gasteiger partial charge in [-0.1, -0.05) is 0 Å². The Morgan fingerprint density at radius 3 is 2.39 bits per heavy atom. The first kappa shape index (κ1) is 16.6. The van der Waals surface area contributed by atoms with Gasteiger partial charge in [0.25, 0.3) is 0 Å². The number of carbonyl (C=O) groups is 2. The predicted octanol–water partition coefficient (Wildman–Crippen LogP) is -2.33. The summed E-state index contributed by atoms with van der Waals surface area (Å²) in [5, 5.41) is 21.6. The zero-order valence-corrected chi connectivity index (χ0v) is 10.7. The molecule has 0 aliphatic carbocycles. The summed E-state index contributed by atoms with van der Waals surface area (Å²) in [6.45, 7) is -0.536. The lowest BCUT2D eigenvalue weighted by atomic mass is 10.2. The molecule has 1 atom stereocenters. The monoisotopic (exact) mass is 283 g/mol. The van der Waals surface area contributed by atoms with Crippen molar-refractivity contribution in [1.82, 2.24) is 15.4 Å². The summed E-state index contributed by atoms with van der Waals surface area (Å²) in [4.78, 5) is 21.9. The van der Waals surface area contributed by atoms with Crippen LogP contribution in [0, 0.1) is 0 Å². The SMILES string of the molecule is CNS(=O)(=O)CCNC(=O)NC(CCO)C(=O)O. The Kier molecular flexibility index (Phi) is 7.24. The molecule has 5 N–H and O–H groups in total. The summed E-state index contributed by atoms with van der Waals surface area (Å²) in [6.07, 6.45) is -0.127. The number of carboxylic acids is 1. The number of urea groups is 1. The molecule has 0 fully saturated rings. The van der Waals surface area contributed by atoms with E-state index in [0.717, 1.165) is 0 Å². The minimum atomic E-state index is -3.42. The lowest BCUT2D eigenvalue weighted by Gasteiger charge is -2.13. The van der Waals surface area contributed by atoms with Crippen LogP contribution in [0.2, 0.25) is 0 Å². The van der Waals surface area contributed by atoms with Crippen LogP contribution in [0.1, 0.15) is 6.42 Å². The van der Waals surface area contributed by atoms with Crippen molar-refractivity contribution in [3.05, 3.63) is 0 Å². The average molecular weight is 283 g/mol. The van der Waals surface area contributed by atoms with Gasteiger partial charge in [-0.05, 0) is 7.05 Å². The van der Waals surface area contributed by atoms with Crippen molar-refractivity contribution in [3.63, 3.8) is 0 Å². The van der Waals surface area contributed by atoms with Gasteiger partial charge in [0.15, 0.2) is 0 Å². The number of aliphatic hydroxyl groups excluding tert-OH is 1. The number of sulfonamides is 1. The van der Waals surface area contributed by atoms with Crippen LogP contribution in [0.15, 0.2) is 0 Å². The van der Waals surface area contributed by atoms with Crippen molar-refractivity contribution >= 4 is 22.0 Å². The van der Waals surface area contributed by atoms with Crippen LogP contribution in [0.5, 0.6) is 0 Å². The highest BCUT2D eigenvalue weighted by Gasteiger charge is 2.19. The highest BCUT2D eigenvalue weighted by atomic mass is 32.2. The van der Waals surface area contributed by atoms with E-state index in [-0.39, 0.29) is 25.3 Å². The molecule has 0 aromatic rings. The Bertz CT molecular complexity index is 382. The quantitative estimate of drug-likeness (QED) is 0.338. The molecule has 9 nitrogen and oxygen atoms in total. The number of hydrogen-bond acceptors (Lipinski definition) is 5. The van der Waals surface area contributed by atoms with Crippen LogP contribution in [0.25, 0.3) is 0 Å². The van der Waals surface area contributed by atoms with Gasteiger partial charge in [0.1, 0.15) is 6.04 Å². The van der Waals surface area contributed by atoms with Crippen molar-refractivity contribution < 1.29 is 28.2 Å². The molecule has 0 aliphatic heterocycles. The van der Waals surface area contributed by atoms with E-state index < -0.39 is 28.1 Å². The van der Waals surface area contributed by atoms with Crippen molar-refractivity contribution in [2.75, 3.05) is 26.0 Å². The normalized spacial score (nSPS) is 12.8. The summed E-state index contributed by atoms with van der Waals surface area (Å²) in [5.74, 6) is -1.59. The summed E-state index contributed by atoms with van der Waals surface area (Å²) in [7, 11) is -2.17. The maximum atomic E-state index is 11.2. The summed E-state index contributed by atoms with van der Waals surface area (Å²) >= 11 is 0. The minimum absolute atomic E-state index is 0.127. The van der Waals surface area contributed by atoms with Gasteiger partial charge in [-0.2, -0.15) is 0 Å². The molecule has 0 aliphatic rings. The van der Waals surface area contributed by atoms with Crippen LogP contribution < -0.4 is 15.4 Å². The third-order valence-corrected chi connectivity index (χ3v) is 3.35. The second-order valence-corrected chi connectivity index (χ2v) is 5.37. The second kappa shape index (κ2) is 7.84. The molecule has 0 aromatic carbocycles. The van der Waals surface area contributed by atoms with Gasteiger partial charge in [0.2, 0.25) is 10.0 Å². The number of rotatable bonds is 8. The van der Waals surface area contributed by atoms with Gasteiger partial charge < -0.3 is 20.8 Å². The van der Waals surface area contributed by atoms with Crippen LogP contribution in [0.3, 0.4) is 0 Å². The fourth-order valence-corrected chi connectivity index (χ4v) is 1.57. The Labute approximate surface area is 105 Å². The Morgan fingerprint density at radius 1 is 1.33 bits per heavy atom. The predicted molar refractivity (Wildman–Crippen MR) is 62.5 cm³/mol. The van der Waals surface area contributed by atoms with Crippen LogP contribution in [-0.4, -0.2) is 62.6 Å². The molecule has 18 heavy (non-hydrogen) atoms. The molecule has 0 radical (unpaired) electrons. The van der Waals surface area contributed by atoms with E-state index in [4.69, 9.17) is 10.2 Å². The third kappa shape index (κ3) is 7.04. The minimum Gasteiger partial charge on any atom is -0.480 e. The van der Waals surface area contributed by atoms with E-state index in [2.05, 4.69) is 15.4 Å². The number of hydrogen-bond donors (Lipinski definition) is 5. The van der Waals surface area contributed by atoms with Gasteiger partial charge in [0.05, 0.1) is 5.75 Å². The molecule has 1 unspecified atom stereocenters. The highest BCUT2D eigenvalue weighted by Crippen LogP contribution is 1.91. The first-order valence-electron chi connectivity index (χ1n) is 5.11. The van der Waals surface area contributed by atoms with Crippen molar-refractivity contribution in [3.8, 4) is 0 Å². The zero-order chi connectivity index (χ0) is 14.2. The van der Waals surface area contributed by atoms with Crippen LogP contribution in [-0.2, 0) is 14.8 Å². The maximum absolute atomic E-state index is 11.2.